The van der Waals surface area contributed by atoms with Gasteiger partial charge in [0.1, 0.15) is 17.6 Å². The zero-order chi connectivity index (χ0) is 17.6. The quantitative estimate of drug-likeness (QED) is 0.540. The minimum absolute atomic E-state index is 0.303. The van der Waals surface area contributed by atoms with Crippen LogP contribution in [-0.2, 0) is 4.74 Å². The Labute approximate surface area is 137 Å². The Morgan fingerprint density at radius 3 is 2.96 bits per heavy atom. The standard InChI is InChI=1S/C13H11ClF2N4O4/c14-2-1-13(16)8(22)6(4-21)24-11(13)20-3-5(15)7-9(20)18-12(17)19-10(7)23/h3,6,8,11,21-22H,4H2,(H3,17,18,19,23)/t6-,8+,11-,13?/m1/s1. The van der Waals surface area contributed by atoms with Crippen molar-refractivity contribution in [3.05, 3.63) is 22.4 Å². The number of nitrogen functional groups attached to an aromatic ring is 1. The van der Waals surface area contributed by atoms with Gasteiger partial charge >= 0.3 is 0 Å². The van der Waals surface area contributed by atoms with E-state index in [0.29, 0.717) is 0 Å². The molecule has 8 nitrogen and oxygen atoms in total. The molecule has 3 heterocycles. The van der Waals surface area contributed by atoms with Crippen molar-refractivity contribution in [3.8, 4) is 11.3 Å². The van der Waals surface area contributed by atoms with E-state index in [1.54, 1.807) is 0 Å². The van der Waals surface area contributed by atoms with Crippen molar-refractivity contribution >= 4 is 28.6 Å². The molecule has 3 rings (SSSR count). The van der Waals surface area contributed by atoms with Crippen molar-refractivity contribution in [1.82, 2.24) is 14.5 Å². The van der Waals surface area contributed by atoms with Crippen molar-refractivity contribution in [2.24, 2.45) is 0 Å². The lowest BCUT2D eigenvalue weighted by Crippen LogP contribution is -2.42. The fourth-order valence-corrected chi connectivity index (χ4v) is 2.83. The maximum absolute atomic E-state index is 15.2. The highest BCUT2D eigenvalue weighted by molar-refractivity contribution is 6.30. The summed E-state index contributed by atoms with van der Waals surface area (Å²) in [6.07, 6.45) is -4.14. The maximum Gasteiger partial charge on any atom is 0.264 e. The van der Waals surface area contributed by atoms with Crippen LogP contribution in [0.25, 0.3) is 11.0 Å². The van der Waals surface area contributed by atoms with Gasteiger partial charge in [-0.05, 0) is 17.5 Å². The van der Waals surface area contributed by atoms with Crippen LogP contribution in [0.5, 0.6) is 0 Å². The van der Waals surface area contributed by atoms with E-state index in [0.717, 1.165) is 10.8 Å². The molecule has 1 unspecified atom stereocenters. The first-order valence-corrected chi connectivity index (χ1v) is 7.03. The number of H-pyrrole nitrogens is 1. The summed E-state index contributed by atoms with van der Waals surface area (Å²) in [5.74, 6) is 0.644. The molecule has 1 aliphatic rings. The number of fused-ring (bicyclic) bond motifs is 1. The van der Waals surface area contributed by atoms with Gasteiger partial charge in [-0.2, -0.15) is 4.98 Å². The Morgan fingerprint density at radius 2 is 2.33 bits per heavy atom. The topological polar surface area (TPSA) is 126 Å². The lowest BCUT2D eigenvalue weighted by atomic mass is 9.97. The van der Waals surface area contributed by atoms with Gasteiger partial charge in [0.05, 0.1) is 6.61 Å². The maximum atomic E-state index is 15.2. The molecule has 0 amide bonds. The molecule has 2 aromatic heterocycles. The fraction of sp³-hybridized carbons (Fsp3) is 0.385. The fourth-order valence-electron chi connectivity index (χ4n) is 2.68. The third kappa shape index (κ3) is 2.25. The van der Waals surface area contributed by atoms with Crippen LogP contribution in [0.4, 0.5) is 14.7 Å². The molecule has 128 valence electrons. The van der Waals surface area contributed by atoms with Gasteiger partial charge in [0.25, 0.3) is 5.56 Å². The van der Waals surface area contributed by atoms with Crippen LogP contribution < -0.4 is 11.3 Å². The Bertz CT molecular complexity index is 920. The van der Waals surface area contributed by atoms with E-state index in [4.69, 9.17) is 22.1 Å². The lowest BCUT2D eigenvalue weighted by Gasteiger charge is -2.23. The van der Waals surface area contributed by atoms with Crippen molar-refractivity contribution in [1.29, 1.82) is 0 Å². The average molecular weight is 361 g/mol. The number of nitrogens with zero attached hydrogens (tertiary/aromatic N) is 2. The van der Waals surface area contributed by atoms with Crippen molar-refractivity contribution in [2.75, 3.05) is 12.3 Å². The summed E-state index contributed by atoms with van der Waals surface area (Å²) in [5.41, 5.74) is 1.50. The smallest absolute Gasteiger partial charge is 0.264 e. The summed E-state index contributed by atoms with van der Waals surface area (Å²) in [7, 11) is 0. The number of aliphatic hydroxyl groups is 2. The number of ether oxygens (including phenoxy) is 1. The molecule has 0 aromatic carbocycles. The molecule has 4 atom stereocenters. The molecule has 1 fully saturated rings. The van der Waals surface area contributed by atoms with E-state index >= 15 is 4.39 Å². The van der Waals surface area contributed by atoms with E-state index in [9.17, 15) is 19.4 Å². The number of aliphatic hydroxyl groups excluding tert-OH is 2. The largest absolute Gasteiger partial charge is 0.394 e. The second-order valence-corrected chi connectivity index (χ2v) is 5.36. The monoisotopic (exact) mass is 360 g/mol. The van der Waals surface area contributed by atoms with Crippen LogP contribution in [-0.4, -0.2) is 49.2 Å². The van der Waals surface area contributed by atoms with Gasteiger partial charge in [0.2, 0.25) is 11.6 Å². The first kappa shape index (κ1) is 16.7. The molecule has 0 saturated carbocycles. The van der Waals surface area contributed by atoms with Crippen LogP contribution >= 0.6 is 11.6 Å². The van der Waals surface area contributed by atoms with Gasteiger partial charge in [-0.15, -0.1) is 0 Å². The van der Waals surface area contributed by atoms with Crippen molar-refractivity contribution in [3.63, 3.8) is 0 Å². The minimum atomic E-state index is -2.77. The number of nitrogens with two attached hydrogens (primary N) is 1. The predicted molar refractivity (Wildman–Crippen MR) is 79.2 cm³/mol. The molecule has 0 spiro atoms. The molecule has 0 bridgehead atoms. The third-order valence-corrected chi connectivity index (χ3v) is 3.87. The van der Waals surface area contributed by atoms with Crippen LogP contribution in [0, 0.1) is 17.1 Å². The number of halogens is 3. The average Bonchev–Trinajstić information content (AvgIpc) is 2.96. The van der Waals surface area contributed by atoms with E-state index in [-0.39, 0.29) is 11.6 Å². The van der Waals surface area contributed by atoms with Gasteiger partial charge in [-0.25, -0.2) is 8.78 Å². The Kier molecular flexibility index (Phi) is 3.97. The summed E-state index contributed by atoms with van der Waals surface area (Å²) >= 11 is 5.25. The Balaban J connectivity index is 2.26. The molecule has 2 aromatic rings. The van der Waals surface area contributed by atoms with Crippen LogP contribution in [0.15, 0.2) is 11.0 Å². The number of nitrogens with one attached hydrogen (secondary N) is 1. The second-order valence-electron chi connectivity index (χ2n) is 5.18. The first-order chi connectivity index (χ1) is 11.3. The van der Waals surface area contributed by atoms with E-state index in [1.807, 2.05) is 11.3 Å². The number of aromatic nitrogens is 3. The van der Waals surface area contributed by atoms with Crippen LogP contribution in [0.3, 0.4) is 0 Å². The highest BCUT2D eigenvalue weighted by Crippen LogP contribution is 2.42. The summed E-state index contributed by atoms with van der Waals surface area (Å²) in [6, 6.07) is 0. The zero-order valence-electron chi connectivity index (χ0n) is 11.8. The highest BCUT2D eigenvalue weighted by atomic mass is 35.5. The molecule has 24 heavy (non-hydrogen) atoms. The van der Waals surface area contributed by atoms with Crippen molar-refractivity contribution in [2.45, 2.75) is 24.1 Å². The van der Waals surface area contributed by atoms with E-state index in [1.165, 1.54) is 0 Å². The van der Waals surface area contributed by atoms with Gasteiger partial charge in [-0.1, -0.05) is 0 Å². The molecular weight excluding hydrogens is 350 g/mol. The van der Waals surface area contributed by atoms with Crippen molar-refractivity contribution < 1.29 is 23.7 Å². The van der Waals surface area contributed by atoms with Crippen LogP contribution in [0.2, 0.25) is 0 Å². The van der Waals surface area contributed by atoms with Gasteiger partial charge in [0.15, 0.2) is 17.7 Å². The van der Waals surface area contributed by atoms with Crippen LogP contribution in [0.1, 0.15) is 6.23 Å². The SMILES string of the molecule is Nc1nc2c(c(F)cn2[C@@H]2O[C@H](CO)[C@H](O)C2(F)C#CCl)c(=O)[nH]1. The number of hydrogen-bond acceptors (Lipinski definition) is 6. The van der Waals surface area contributed by atoms with Gasteiger partial charge in [-0.3, -0.25) is 14.3 Å². The highest BCUT2D eigenvalue weighted by Gasteiger charge is 2.58. The van der Waals surface area contributed by atoms with Gasteiger partial charge < -0.3 is 20.7 Å². The lowest BCUT2D eigenvalue weighted by molar-refractivity contribution is -0.0503. The predicted octanol–water partition coefficient (Wildman–Crippen LogP) is -0.396. The number of alkyl halides is 1. The number of anilines is 1. The molecular formula is C13H11ClF2N4O4. The molecule has 11 heteroatoms. The summed E-state index contributed by atoms with van der Waals surface area (Å²) in [5, 5.41) is 20.6. The number of rotatable bonds is 2. The Morgan fingerprint density at radius 1 is 1.62 bits per heavy atom. The summed E-state index contributed by atoms with van der Waals surface area (Å²) in [6.45, 7) is -0.717. The van der Waals surface area contributed by atoms with E-state index in [2.05, 4.69) is 9.97 Å². The number of aromatic amines is 1. The summed E-state index contributed by atoms with van der Waals surface area (Å²) in [4.78, 5) is 17.7. The zero-order valence-corrected chi connectivity index (χ0v) is 12.6. The Hall–Kier alpha value is -2.19. The molecule has 1 saturated heterocycles. The third-order valence-electron chi connectivity index (χ3n) is 3.77. The normalized spacial score (nSPS) is 29.6. The molecule has 1 aliphatic heterocycles. The minimum Gasteiger partial charge on any atom is -0.394 e. The van der Waals surface area contributed by atoms with Gasteiger partial charge in [0, 0.05) is 11.6 Å². The second kappa shape index (κ2) is 5.71. The summed E-state index contributed by atoms with van der Waals surface area (Å²) < 4.78 is 35.4. The molecule has 0 radical (unpaired) electrons. The van der Waals surface area contributed by atoms with E-state index < -0.39 is 47.5 Å². The molecule has 0 aliphatic carbocycles. The first-order valence-electron chi connectivity index (χ1n) is 6.65. The molecule has 5 N–H and O–H groups in total. The number of hydrogen-bond donors (Lipinski definition) is 4.